The lowest BCUT2D eigenvalue weighted by Gasteiger charge is -2.30. The average molecular weight is 480 g/mol. The molecule has 5 heteroatoms. The van der Waals surface area contributed by atoms with Gasteiger partial charge in [-0.3, -0.25) is 0 Å². The van der Waals surface area contributed by atoms with Crippen LogP contribution in [0.25, 0.3) is 5.70 Å². The van der Waals surface area contributed by atoms with E-state index in [1.807, 2.05) is 25.1 Å². The Hall–Kier alpha value is -2.76. The second kappa shape index (κ2) is 9.58. The molecular weight excluding hydrogens is 452 g/mol. The third kappa shape index (κ3) is 4.78. The topological polar surface area (TPSA) is 58.1 Å². The quantitative estimate of drug-likeness (QED) is 0.462. The lowest BCUT2D eigenvalue weighted by atomic mass is 9.97. The lowest BCUT2D eigenvalue weighted by molar-refractivity contribution is -0.731. The van der Waals surface area contributed by atoms with Crippen molar-refractivity contribution < 1.29 is 15.2 Å². The fourth-order valence-corrected chi connectivity index (χ4v) is 4.21. The van der Waals surface area contributed by atoms with Crippen LogP contribution in [0, 0.1) is 0 Å². The van der Waals surface area contributed by atoms with Crippen LogP contribution in [0.5, 0.6) is 11.5 Å². The first-order valence-corrected chi connectivity index (χ1v) is 11.5. The van der Waals surface area contributed by atoms with Gasteiger partial charge >= 0.3 is 0 Å². The van der Waals surface area contributed by atoms with Crippen molar-refractivity contribution in [2.24, 2.45) is 0 Å². The Morgan fingerprint density at radius 1 is 1.00 bits per heavy atom. The minimum Gasteiger partial charge on any atom is -0.504 e. The van der Waals surface area contributed by atoms with E-state index in [4.69, 9.17) is 4.74 Å². The molecular formula is C26H28BrN2O2+. The van der Waals surface area contributed by atoms with E-state index in [0.717, 1.165) is 27.7 Å². The molecule has 4 rings (SSSR count). The van der Waals surface area contributed by atoms with Crippen LogP contribution >= 0.6 is 15.9 Å². The largest absolute Gasteiger partial charge is 0.504 e. The molecule has 0 spiro atoms. The molecule has 0 aliphatic carbocycles. The summed E-state index contributed by atoms with van der Waals surface area (Å²) in [5, 5.41) is 16.8. The predicted molar refractivity (Wildman–Crippen MR) is 128 cm³/mol. The average Bonchev–Trinajstić information content (AvgIpc) is 2.81. The molecule has 31 heavy (non-hydrogen) atoms. The van der Waals surface area contributed by atoms with Crippen LogP contribution in [0.15, 0.2) is 77.3 Å². The number of hydrogen-bond acceptors (Lipinski definition) is 3. The molecule has 0 radical (unpaired) electrons. The highest BCUT2D eigenvalue weighted by atomic mass is 79.9. The number of halogens is 1. The molecule has 3 aromatic carbocycles. The predicted octanol–water partition coefficient (Wildman–Crippen LogP) is 5.06. The zero-order valence-electron chi connectivity index (χ0n) is 17.8. The third-order valence-corrected chi connectivity index (χ3v) is 6.18. The molecule has 1 heterocycles. The van der Waals surface area contributed by atoms with Crippen molar-refractivity contribution in [2.45, 2.75) is 32.5 Å². The van der Waals surface area contributed by atoms with Gasteiger partial charge in [0.05, 0.1) is 12.2 Å². The first-order chi connectivity index (χ1) is 15.1. The number of hydrogen-bond donors (Lipinski definition) is 3. The Balaban J connectivity index is 1.75. The molecule has 3 aromatic rings. The molecule has 2 atom stereocenters. The molecule has 4 N–H and O–H groups in total. The summed E-state index contributed by atoms with van der Waals surface area (Å²) in [6, 6.07) is 22.7. The number of benzene rings is 3. The van der Waals surface area contributed by atoms with Crippen molar-refractivity contribution in [1.29, 1.82) is 0 Å². The Bertz CT molecular complexity index is 1060. The number of nitrogens with two attached hydrogens (primary N) is 1. The maximum absolute atomic E-state index is 10.9. The van der Waals surface area contributed by atoms with Gasteiger partial charge in [-0.1, -0.05) is 53.2 Å². The fourth-order valence-electron chi connectivity index (χ4n) is 3.94. The van der Waals surface area contributed by atoms with Crippen molar-refractivity contribution in [3.63, 3.8) is 0 Å². The summed E-state index contributed by atoms with van der Waals surface area (Å²) in [5.74, 6) is 0.730. The molecule has 0 saturated heterocycles. The molecule has 0 saturated carbocycles. The van der Waals surface area contributed by atoms with Crippen molar-refractivity contribution in [3.8, 4) is 11.5 Å². The van der Waals surface area contributed by atoms with E-state index < -0.39 is 0 Å². The standard InChI is InChI=1S/C26H27BrN2O2/c1-3-17-8-10-18(11-9-17)22-16-23(21-6-5-7-24(25(21)30)31-4-2)29-26(28-22)19-12-14-20(27)15-13-19/h5-16,23,26,28-30H,3-4H2,1-2H3/p+1. The smallest absolute Gasteiger partial charge is 0.186 e. The number of nitrogens with one attached hydrogen (secondary N) is 1. The van der Waals surface area contributed by atoms with Crippen LogP contribution in [0.4, 0.5) is 0 Å². The molecule has 2 unspecified atom stereocenters. The summed E-state index contributed by atoms with van der Waals surface area (Å²) in [7, 11) is 0. The summed E-state index contributed by atoms with van der Waals surface area (Å²) in [6.45, 7) is 4.60. The van der Waals surface area contributed by atoms with Gasteiger partial charge in [-0.2, -0.15) is 0 Å². The van der Waals surface area contributed by atoms with Crippen molar-refractivity contribution in [2.75, 3.05) is 6.61 Å². The van der Waals surface area contributed by atoms with Crippen LogP contribution in [0.3, 0.4) is 0 Å². The maximum Gasteiger partial charge on any atom is 0.186 e. The van der Waals surface area contributed by atoms with Crippen molar-refractivity contribution in [3.05, 3.63) is 99.5 Å². The number of para-hydroxylation sites is 1. The van der Waals surface area contributed by atoms with Gasteiger partial charge < -0.3 is 20.5 Å². The van der Waals surface area contributed by atoms with Crippen LogP contribution in [-0.2, 0) is 6.42 Å². The summed E-state index contributed by atoms with van der Waals surface area (Å²) in [5.41, 5.74) is 5.53. The Labute approximate surface area is 192 Å². The number of ether oxygens (including phenoxy) is 1. The second-order valence-corrected chi connectivity index (χ2v) is 8.57. The molecule has 1 aliphatic rings. The van der Waals surface area contributed by atoms with E-state index >= 15 is 0 Å². The number of quaternary nitrogens is 1. The number of phenols is 1. The van der Waals surface area contributed by atoms with E-state index in [9.17, 15) is 5.11 Å². The first kappa shape index (κ1) is 21.5. The van der Waals surface area contributed by atoms with E-state index in [2.05, 4.69) is 88.1 Å². The number of rotatable bonds is 6. The van der Waals surface area contributed by atoms with Gasteiger partial charge in [0.2, 0.25) is 0 Å². The monoisotopic (exact) mass is 479 g/mol. The molecule has 0 bridgehead atoms. The highest BCUT2D eigenvalue weighted by Crippen LogP contribution is 2.35. The van der Waals surface area contributed by atoms with E-state index in [-0.39, 0.29) is 18.0 Å². The molecule has 160 valence electrons. The molecule has 0 fully saturated rings. The van der Waals surface area contributed by atoms with Gasteiger partial charge in [0, 0.05) is 21.8 Å². The number of aryl methyl sites for hydroxylation is 1. The maximum atomic E-state index is 10.9. The minimum absolute atomic E-state index is 0.0131. The highest BCUT2D eigenvalue weighted by molar-refractivity contribution is 9.10. The number of aromatic hydroxyl groups is 1. The van der Waals surface area contributed by atoms with Gasteiger partial charge in [0.15, 0.2) is 17.7 Å². The normalized spacial score (nSPS) is 18.2. The second-order valence-electron chi connectivity index (χ2n) is 7.65. The Kier molecular flexibility index (Phi) is 6.64. The fraction of sp³-hybridized carbons (Fsp3) is 0.231. The van der Waals surface area contributed by atoms with E-state index in [0.29, 0.717) is 12.4 Å². The van der Waals surface area contributed by atoms with Crippen molar-refractivity contribution >= 4 is 21.6 Å². The molecule has 0 aromatic heterocycles. The molecule has 4 nitrogen and oxygen atoms in total. The zero-order chi connectivity index (χ0) is 21.8. The summed E-state index contributed by atoms with van der Waals surface area (Å²) < 4.78 is 6.68. The minimum atomic E-state index is -0.0591. The lowest BCUT2D eigenvalue weighted by Crippen LogP contribution is -2.89. The van der Waals surface area contributed by atoms with E-state index in [1.54, 1.807) is 0 Å². The Morgan fingerprint density at radius 3 is 2.42 bits per heavy atom. The van der Waals surface area contributed by atoms with Crippen LogP contribution in [-0.4, -0.2) is 11.7 Å². The van der Waals surface area contributed by atoms with E-state index in [1.165, 1.54) is 11.1 Å². The third-order valence-electron chi connectivity index (χ3n) is 5.65. The van der Waals surface area contributed by atoms with Crippen LogP contribution in [0.2, 0.25) is 0 Å². The summed E-state index contributed by atoms with van der Waals surface area (Å²) >= 11 is 3.52. The van der Waals surface area contributed by atoms with Gasteiger partial charge in [0.1, 0.15) is 6.04 Å². The van der Waals surface area contributed by atoms with Crippen LogP contribution in [0.1, 0.15) is 48.3 Å². The first-order valence-electron chi connectivity index (χ1n) is 10.7. The van der Waals surface area contributed by atoms with Crippen LogP contribution < -0.4 is 15.4 Å². The highest BCUT2D eigenvalue weighted by Gasteiger charge is 2.30. The zero-order valence-corrected chi connectivity index (χ0v) is 19.4. The number of phenolic OH excluding ortho intramolecular Hbond substituents is 1. The van der Waals surface area contributed by atoms with Gasteiger partial charge in [-0.25, -0.2) is 0 Å². The Morgan fingerprint density at radius 2 is 1.74 bits per heavy atom. The summed E-state index contributed by atoms with van der Waals surface area (Å²) in [6.07, 6.45) is 3.21. The SMILES string of the molecule is CCOc1cccc(C2C=C(c3ccc(CC)cc3)NC(c3ccc(Br)cc3)[NH2+]2)c1O. The summed E-state index contributed by atoms with van der Waals surface area (Å²) in [4.78, 5) is 0. The van der Waals surface area contributed by atoms with Gasteiger partial charge in [0.25, 0.3) is 0 Å². The van der Waals surface area contributed by atoms with Gasteiger partial charge in [-0.15, -0.1) is 0 Å². The van der Waals surface area contributed by atoms with Gasteiger partial charge in [-0.05, 0) is 60.9 Å². The molecule has 1 aliphatic heterocycles. The molecule has 0 amide bonds. The van der Waals surface area contributed by atoms with Crippen molar-refractivity contribution in [1.82, 2.24) is 5.32 Å².